The van der Waals surface area contributed by atoms with Gasteiger partial charge in [0, 0.05) is 23.6 Å². The lowest BCUT2D eigenvalue weighted by atomic mass is 9.98. The molecule has 8 heteroatoms. The van der Waals surface area contributed by atoms with Crippen molar-refractivity contribution in [3.8, 4) is 17.2 Å². The standard InChI is InChI=1S/C22H20F3NO4/c23-22(24,25)14-3-5-16-13(2-1-8-29-20(16)11-14)10-21(28)26-18-7-9-30-19-6-4-15(27)12-17(18)19/h3-6,10-12,18,27H,1-2,7-9H2,(H,26,28). The smallest absolute Gasteiger partial charge is 0.416 e. The molecule has 2 aliphatic rings. The third-order valence-electron chi connectivity index (χ3n) is 5.16. The second-order valence-electron chi connectivity index (χ2n) is 7.25. The van der Waals surface area contributed by atoms with E-state index in [1.807, 2.05) is 0 Å². The van der Waals surface area contributed by atoms with Gasteiger partial charge in [-0.05, 0) is 48.7 Å². The molecule has 2 aliphatic heterocycles. The van der Waals surface area contributed by atoms with Gasteiger partial charge in [-0.2, -0.15) is 13.2 Å². The van der Waals surface area contributed by atoms with Gasteiger partial charge in [-0.25, -0.2) is 0 Å². The molecule has 0 aliphatic carbocycles. The summed E-state index contributed by atoms with van der Waals surface area (Å²) in [4.78, 5) is 12.7. The number of benzene rings is 2. The van der Waals surface area contributed by atoms with Crippen molar-refractivity contribution in [2.24, 2.45) is 0 Å². The van der Waals surface area contributed by atoms with Crippen LogP contribution < -0.4 is 14.8 Å². The molecule has 2 N–H and O–H groups in total. The van der Waals surface area contributed by atoms with Crippen molar-refractivity contribution < 1.29 is 32.5 Å². The second kappa shape index (κ2) is 7.93. The molecule has 2 aromatic rings. The van der Waals surface area contributed by atoms with E-state index in [1.54, 1.807) is 12.1 Å². The number of phenolic OH excluding ortho intramolecular Hbond substituents is 1. The van der Waals surface area contributed by atoms with Gasteiger partial charge in [-0.15, -0.1) is 0 Å². The number of aromatic hydroxyl groups is 1. The maximum atomic E-state index is 13.0. The number of hydrogen-bond acceptors (Lipinski definition) is 4. The molecule has 0 aromatic heterocycles. The first kappa shape index (κ1) is 20.1. The molecular formula is C22H20F3NO4. The largest absolute Gasteiger partial charge is 0.508 e. The summed E-state index contributed by atoms with van der Waals surface area (Å²) in [7, 11) is 0. The number of carbonyl (C=O) groups excluding carboxylic acids is 1. The zero-order chi connectivity index (χ0) is 21.3. The zero-order valence-corrected chi connectivity index (χ0v) is 16.0. The molecule has 0 saturated carbocycles. The number of phenols is 1. The topological polar surface area (TPSA) is 67.8 Å². The van der Waals surface area contributed by atoms with Crippen molar-refractivity contribution in [2.45, 2.75) is 31.5 Å². The van der Waals surface area contributed by atoms with Gasteiger partial charge >= 0.3 is 6.18 Å². The van der Waals surface area contributed by atoms with E-state index in [-0.39, 0.29) is 30.1 Å². The summed E-state index contributed by atoms with van der Waals surface area (Å²) in [6.07, 6.45) is -1.41. The minimum atomic E-state index is -4.46. The van der Waals surface area contributed by atoms with Gasteiger partial charge in [0.25, 0.3) is 0 Å². The lowest BCUT2D eigenvalue weighted by Gasteiger charge is -2.26. The van der Waals surface area contributed by atoms with Gasteiger partial charge in [-0.3, -0.25) is 4.79 Å². The lowest BCUT2D eigenvalue weighted by molar-refractivity contribution is -0.137. The van der Waals surface area contributed by atoms with E-state index in [0.717, 1.165) is 12.1 Å². The van der Waals surface area contributed by atoms with Crippen LogP contribution in [-0.4, -0.2) is 24.2 Å². The molecule has 1 unspecified atom stereocenters. The zero-order valence-electron chi connectivity index (χ0n) is 16.0. The Kier molecular flexibility index (Phi) is 5.32. The Morgan fingerprint density at radius 1 is 1.10 bits per heavy atom. The highest BCUT2D eigenvalue weighted by atomic mass is 19.4. The number of halogens is 3. The summed E-state index contributed by atoms with van der Waals surface area (Å²) in [5, 5.41) is 12.7. The predicted molar refractivity (Wildman–Crippen MR) is 103 cm³/mol. The predicted octanol–water partition coefficient (Wildman–Crippen LogP) is 4.61. The minimum Gasteiger partial charge on any atom is -0.508 e. The Balaban J connectivity index is 1.59. The maximum Gasteiger partial charge on any atom is 0.416 e. The fraction of sp³-hybridized carbons (Fsp3) is 0.318. The van der Waals surface area contributed by atoms with Gasteiger partial charge in [-0.1, -0.05) is 6.07 Å². The fourth-order valence-electron chi connectivity index (χ4n) is 3.72. The van der Waals surface area contributed by atoms with E-state index in [0.29, 0.717) is 48.3 Å². The molecule has 1 amide bonds. The van der Waals surface area contributed by atoms with Crippen LogP contribution in [0.3, 0.4) is 0 Å². The molecule has 0 radical (unpaired) electrons. The Hall–Kier alpha value is -3.16. The van der Waals surface area contributed by atoms with Crippen LogP contribution >= 0.6 is 0 Å². The highest BCUT2D eigenvalue weighted by Gasteiger charge is 2.32. The van der Waals surface area contributed by atoms with Crippen molar-refractivity contribution in [3.63, 3.8) is 0 Å². The van der Waals surface area contributed by atoms with Crippen LogP contribution in [0.25, 0.3) is 5.57 Å². The second-order valence-corrected chi connectivity index (χ2v) is 7.25. The maximum absolute atomic E-state index is 13.0. The van der Waals surface area contributed by atoms with E-state index in [9.17, 15) is 23.1 Å². The van der Waals surface area contributed by atoms with Crippen LogP contribution in [0.4, 0.5) is 13.2 Å². The van der Waals surface area contributed by atoms with Gasteiger partial charge in [0.2, 0.25) is 5.91 Å². The molecule has 4 rings (SSSR count). The number of hydrogen-bond donors (Lipinski definition) is 2. The molecule has 0 bridgehead atoms. The van der Waals surface area contributed by atoms with Gasteiger partial charge in [0.15, 0.2) is 0 Å². The Bertz CT molecular complexity index is 1000. The Labute approximate surface area is 171 Å². The molecule has 2 heterocycles. The monoisotopic (exact) mass is 419 g/mol. The van der Waals surface area contributed by atoms with Crippen LogP contribution in [0.2, 0.25) is 0 Å². The number of carbonyl (C=O) groups is 1. The van der Waals surface area contributed by atoms with Gasteiger partial charge in [0.1, 0.15) is 17.2 Å². The van der Waals surface area contributed by atoms with E-state index in [2.05, 4.69) is 5.32 Å². The van der Waals surface area contributed by atoms with E-state index in [1.165, 1.54) is 18.2 Å². The molecule has 158 valence electrons. The van der Waals surface area contributed by atoms with Crippen molar-refractivity contribution in [2.75, 3.05) is 13.2 Å². The number of ether oxygens (including phenoxy) is 2. The summed E-state index contributed by atoms with van der Waals surface area (Å²) in [6.45, 7) is 0.704. The summed E-state index contributed by atoms with van der Waals surface area (Å²) in [6, 6.07) is 7.71. The third kappa shape index (κ3) is 4.22. The quantitative estimate of drug-likeness (QED) is 0.698. The molecule has 5 nitrogen and oxygen atoms in total. The number of nitrogens with one attached hydrogen (secondary N) is 1. The normalized spacial score (nSPS) is 19.7. The molecular weight excluding hydrogens is 399 g/mol. The van der Waals surface area contributed by atoms with Crippen LogP contribution in [0, 0.1) is 0 Å². The highest BCUT2D eigenvalue weighted by Crippen LogP contribution is 2.38. The number of alkyl halides is 3. The highest BCUT2D eigenvalue weighted by molar-refractivity contribution is 5.96. The summed E-state index contributed by atoms with van der Waals surface area (Å²) in [5.74, 6) is 0.443. The minimum absolute atomic E-state index is 0.0761. The molecule has 1 atom stereocenters. The van der Waals surface area contributed by atoms with E-state index < -0.39 is 11.7 Å². The Morgan fingerprint density at radius 2 is 1.90 bits per heavy atom. The lowest BCUT2D eigenvalue weighted by Crippen LogP contribution is -2.31. The molecule has 30 heavy (non-hydrogen) atoms. The summed E-state index contributed by atoms with van der Waals surface area (Å²) < 4.78 is 50.1. The van der Waals surface area contributed by atoms with Crippen LogP contribution in [-0.2, 0) is 11.0 Å². The summed E-state index contributed by atoms with van der Waals surface area (Å²) >= 11 is 0. The van der Waals surface area contributed by atoms with E-state index >= 15 is 0 Å². The van der Waals surface area contributed by atoms with Crippen molar-refractivity contribution in [1.82, 2.24) is 5.32 Å². The number of fused-ring (bicyclic) bond motifs is 2. The van der Waals surface area contributed by atoms with Gasteiger partial charge < -0.3 is 19.9 Å². The first-order chi connectivity index (χ1) is 14.3. The van der Waals surface area contributed by atoms with Crippen LogP contribution in [0.5, 0.6) is 17.2 Å². The van der Waals surface area contributed by atoms with Gasteiger partial charge in [0.05, 0.1) is 24.8 Å². The van der Waals surface area contributed by atoms with Crippen molar-refractivity contribution in [3.05, 3.63) is 59.2 Å². The number of rotatable bonds is 2. The van der Waals surface area contributed by atoms with Crippen LogP contribution in [0.1, 0.15) is 42.0 Å². The average Bonchev–Trinajstić information content (AvgIpc) is 2.89. The molecule has 0 saturated heterocycles. The van der Waals surface area contributed by atoms with E-state index in [4.69, 9.17) is 9.47 Å². The van der Waals surface area contributed by atoms with Crippen molar-refractivity contribution >= 4 is 11.5 Å². The number of amides is 1. The molecule has 0 fully saturated rings. The third-order valence-corrected chi connectivity index (χ3v) is 5.16. The SMILES string of the molecule is O=C(C=C1CCCOc2cc(C(F)(F)F)ccc21)NC1CCOc2ccc(O)cc21. The average molecular weight is 419 g/mol. The summed E-state index contributed by atoms with van der Waals surface area (Å²) in [5.41, 5.74) is 1.01. The first-order valence-corrected chi connectivity index (χ1v) is 9.62. The molecule has 2 aromatic carbocycles. The fourth-order valence-corrected chi connectivity index (χ4v) is 3.72. The Morgan fingerprint density at radius 3 is 2.70 bits per heavy atom. The van der Waals surface area contributed by atoms with Crippen molar-refractivity contribution in [1.29, 1.82) is 0 Å². The number of allylic oxidation sites excluding steroid dienone is 1. The molecule has 0 spiro atoms. The first-order valence-electron chi connectivity index (χ1n) is 9.62. The van der Waals surface area contributed by atoms with Crippen LogP contribution in [0.15, 0.2) is 42.5 Å².